The molecule has 3 nitrogen and oxygen atoms in total. The van der Waals surface area contributed by atoms with Gasteiger partial charge in [-0.15, -0.1) is 0 Å². The molecule has 1 heterocycles. The summed E-state index contributed by atoms with van der Waals surface area (Å²) in [6, 6.07) is 0.378. The van der Waals surface area contributed by atoms with Crippen LogP contribution in [0.1, 0.15) is 18.0 Å². The van der Waals surface area contributed by atoms with E-state index < -0.39 is 40.7 Å². The van der Waals surface area contributed by atoms with Gasteiger partial charge in [-0.1, -0.05) is 0 Å². The van der Waals surface area contributed by atoms with Crippen LogP contribution in [0.5, 0.6) is 0 Å². The Kier molecular flexibility index (Phi) is 2.90. The summed E-state index contributed by atoms with van der Waals surface area (Å²) in [5, 5.41) is 11.9. The molecule has 0 amide bonds. The van der Waals surface area contributed by atoms with E-state index in [-0.39, 0.29) is 12.1 Å². The van der Waals surface area contributed by atoms with Gasteiger partial charge in [-0.25, -0.2) is 22.0 Å². The van der Waals surface area contributed by atoms with Crippen LogP contribution in [0.2, 0.25) is 0 Å². The number of benzene rings is 1. The highest BCUT2D eigenvalue weighted by atomic mass is 19.2. The number of nitrogens with zero attached hydrogens (tertiary/aromatic N) is 2. The molecule has 94 valence electrons. The van der Waals surface area contributed by atoms with Crippen LogP contribution in [0.4, 0.5) is 22.0 Å². The molecule has 2 rings (SSSR count). The van der Waals surface area contributed by atoms with E-state index in [2.05, 4.69) is 10.5 Å². The van der Waals surface area contributed by atoms with E-state index in [1.54, 1.807) is 6.07 Å². The Labute approximate surface area is 97.5 Å². The molecule has 1 atom stereocenters. The molecular formula is C10H4F5N3. The standard InChI is InChI=1S/C10H4F5N3/c11-6-5(4-1-3(2-16)17-18-4)7(12)9(14)10(15)8(6)13/h4,18H,1H2. The SMILES string of the molecule is N#CC1=NNC(c2c(F)c(F)c(F)c(F)c2F)C1. The third-order valence-corrected chi connectivity index (χ3v) is 2.47. The van der Waals surface area contributed by atoms with Crippen molar-refractivity contribution in [3.63, 3.8) is 0 Å². The van der Waals surface area contributed by atoms with Crippen LogP contribution in [-0.2, 0) is 0 Å². The highest BCUT2D eigenvalue weighted by Crippen LogP contribution is 2.31. The number of nitrogens with one attached hydrogen (secondary N) is 1. The smallest absolute Gasteiger partial charge is 0.200 e. The molecule has 8 heteroatoms. The Morgan fingerprint density at radius 2 is 1.50 bits per heavy atom. The van der Waals surface area contributed by atoms with Gasteiger partial charge in [0.2, 0.25) is 5.82 Å². The van der Waals surface area contributed by atoms with Crippen molar-refractivity contribution in [1.82, 2.24) is 5.43 Å². The number of hydrogen-bond acceptors (Lipinski definition) is 3. The van der Waals surface area contributed by atoms with Crippen LogP contribution in [0.3, 0.4) is 0 Å². The van der Waals surface area contributed by atoms with Gasteiger partial charge in [0.1, 0.15) is 11.8 Å². The minimum atomic E-state index is -2.21. The topological polar surface area (TPSA) is 48.2 Å². The van der Waals surface area contributed by atoms with E-state index in [4.69, 9.17) is 5.26 Å². The van der Waals surface area contributed by atoms with Crippen molar-refractivity contribution in [1.29, 1.82) is 5.26 Å². The summed E-state index contributed by atoms with van der Waals surface area (Å²) >= 11 is 0. The van der Waals surface area contributed by atoms with Gasteiger partial charge in [-0.05, 0) is 0 Å². The van der Waals surface area contributed by atoms with Crippen LogP contribution >= 0.6 is 0 Å². The van der Waals surface area contributed by atoms with Crippen molar-refractivity contribution < 1.29 is 22.0 Å². The number of halogens is 5. The Balaban J connectivity index is 2.51. The first kappa shape index (κ1) is 12.3. The summed E-state index contributed by atoms with van der Waals surface area (Å²) in [5.74, 6) is -10.1. The Morgan fingerprint density at radius 3 is 1.94 bits per heavy atom. The minimum absolute atomic E-state index is 0.0797. The second-order valence-corrected chi connectivity index (χ2v) is 3.54. The zero-order chi connectivity index (χ0) is 13.4. The molecule has 0 aliphatic carbocycles. The number of hydrazone groups is 1. The molecule has 0 saturated carbocycles. The van der Waals surface area contributed by atoms with Gasteiger partial charge in [-0.3, -0.25) is 0 Å². The first-order valence-corrected chi connectivity index (χ1v) is 4.70. The fraction of sp³-hybridized carbons (Fsp3) is 0.200. The van der Waals surface area contributed by atoms with Gasteiger partial charge in [0, 0.05) is 6.42 Å². The molecule has 0 saturated heterocycles. The van der Waals surface area contributed by atoms with Crippen molar-refractivity contribution in [2.75, 3.05) is 0 Å². The quantitative estimate of drug-likeness (QED) is 0.479. The number of nitriles is 1. The molecule has 1 aromatic carbocycles. The molecule has 0 aromatic heterocycles. The van der Waals surface area contributed by atoms with E-state index in [1.807, 2.05) is 0 Å². The predicted molar refractivity (Wildman–Crippen MR) is 49.8 cm³/mol. The van der Waals surface area contributed by atoms with Gasteiger partial charge in [0.15, 0.2) is 23.3 Å². The van der Waals surface area contributed by atoms with Crippen molar-refractivity contribution in [3.05, 3.63) is 34.6 Å². The van der Waals surface area contributed by atoms with Crippen molar-refractivity contribution >= 4 is 5.71 Å². The molecule has 1 N–H and O–H groups in total. The summed E-state index contributed by atoms with van der Waals surface area (Å²) in [6.45, 7) is 0. The van der Waals surface area contributed by atoms with Crippen molar-refractivity contribution in [2.24, 2.45) is 5.10 Å². The Morgan fingerprint density at radius 1 is 1.00 bits per heavy atom. The maximum Gasteiger partial charge on any atom is 0.200 e. The fourth-order valence-electron chi connectivity index (χ4n) is 1.61. The molecule has 1 aliphatic rings. The lowest BCUT2D eigenvalue weighted by Gasteiger charge is -2.13. The summed E-state index contributed by atoms with van der Waals surface area (Å²) in [7, 11) is 0. The minimum Gasteiger partial charge on any atom is -0.301 e. The lowest BCUT2D eigenvalue weighted by Crippen LogP contribution is -2.17. The number of rotatable bonds is 1. The lowest BCUT2D eigenvalue weighted by molar-refractivity contribution is 0.360. The zero-order valence-corrected chi connectivity index (χ0v) is 8.57. The molecule has 0 fully saturated rings. The summed E-state index contributed by atoms with van der Waals surface area (Å²) < 4.78 is 65.5. The van der Waals surface area contributed by atoms with E-state index >= 15 is 0 Å². The van der Waals surface area contributed by atoms with Crippen LogP contribution in [-0.4, -0.2) is 5.71 Å². The second-order valence-electron chi connectivity index (χ2n) is 3.54. The van der Waals surface area contributed by atoms with Crippen molar-refractivity contribution in [2.45, 2.75) is 12.5 Å². The predicted octanol–water partition coefficient (Wildman–Crippen LogP) is 2.30. The largest absolute Gasteiger partial charge is 0.301 e. The fourth-order valence-corrected chi connectivity index (χ4v) is 1.61. The number of hydrogen-bond donors (Lipinski definition) is 1. The average Bonchev–Trinajstić information content (AvgIpc) is 2.83. The zero-order valence-electron chi connectivity index (χ0n) is 8.57. The first-order chi connectivity index (χ1) is 8.47. The van der Waals surface area contributed by atoms with Gasteiger partial charge >= 0.3 is 0 Å². The van der Waals surface area contributed by atoms with Gasteiger partial charge in [-0.2, -0.15) is 10.4 Å². The molecule has 1 aliphatic heterocycles. The Bertz CT molecular complexity index is 561. The van der Waals surface area contributed by atoms with Gasteiger partial charge in [0.05, 0.1) is 11.6 Å². The maximum atomic E-state index is 13.4. The third-order valence-electron chi connectivity index (χ3n) is 2.47. The van der Waals surface area contributed by atoms with Crippen LogP contribution in [0.25, 0.3) is 0 Å². The molecule has 18 heavy (non-hydrogen) atoms. The van der Waals surface area contributed by atoms with Gasteiger partial charge < -0.3 is 5.43 Å². The highest BCUT2D eigenvalue weighted by Gasteiger charge is 2.32. The van der Waals surface area contributed by atoms with Crippen molar-refractivity contribution in [3.8, 4) is 6.07 Å². The Hall–Kier alpha value is -2.17. The van der Waals surface area contributed by atoms with E-state index in [0.717, 1.165) is 0 Å². The summed E-state index contributed by atoms with van der Waals surface area (Å²) in [5.41, 5.74) is 1.07. The summed E-state index contributed by atoms with van der Waals surface area (Å²) in [4.78, 5) is 0. The third kappa shape index (κ3) is 1.68. The molecule has 1 aromatic rings. The van der Waals surface area contributed by atoms with Crippen LogP contribution in [0.15, 0.2) is 5.10 Å². The second kappa shape index (κ2) is 4.25. The van der Waals surface area contributed by atoms with Crippen LogP contribution in [0, 0.1) is 40.4 Å². The molecule has 0 bridgehead atoms. The van der Waals surface area contributed by atoms with Crippen LogP contribution < -0.4 is 5.43 Å². The highest BCUT2D eigenvalue weighted by molar-refractivity contribution is 5.99. The van der Waals surface area contributed by atoms with E-state index in [1.165, 1.54) is 0 Å². The lowest BCUT2D eigenvalue weighted by atomic mass is 10.0. The van der Waals surface area contributed by atoms with Gasteiger partial charge in [0.25, 0.3) is 0 Å². The first-order valence-electron chi connectivity index (χ1n) is 4.70. The monoisotopic (exact) mass is 261 g/mol. The maximum absolute atomic E-state index is 13.4. The molecule has 0 spiro atoms. The normalized spacial score (nSPS) is 18.2. The molecule has 1 unspecified atom stereocenters. The molecular weight excluding hydrogens is 257 g/mol. The molecule has 0 radical (unpaired) electrons. The summed E-state index contributed by atoms with van der Waals surface area (Å²) in [6.07, 6.45) is -0.241. The van der Waals surface area contributed by atoms with E-state index in [9.17, 15) is 22.0 Å². The van der Waals surface area contributed by atoms with E-state index in [0.29, 0.717) is 0 Å². The average molecular weight is 261 g/mol.